The second kappa shape index (κ2) is 4.19. The van der Waals surface area contributed by atoms with Crippen LogP contribution in [-0.2, 0) is 0 Å². The molecule has 0 aliphatic rings. The molecule has 0 radical (unpaired) electrons. The van der Waals surface area contributed by atoms with Crippen molar-refractivity contribution in [3.8, 4) is 11.8 Å². The van der Waals surface area contributed by atoms with E-state index in [0.717, 1.165) is 6.07 Å². The number of carbonyl (C=O) groups is 1. The van der Waals surface area contributed by atoms with Crippen LogP contribution in [-0.4, -0.2) is 18.3 Å². The highest BCUT2D eigenvalue weighted by molar-refractivity contribution is 5.82. The quantitative estimate of drug-likeness (QED) is 0.422. The van der Waals surface area contributed by atoms with Crippen LogP contribution in [0.3, 0.4) is 0 Å². The summed E-state index contributed by atoms with van der Waals surface area (Å²) in [5.41, 5.74) is -0.388. The third-order valence-electron chi connectivity index (χ3n) is 1.81. The molecular formula is C9H6N2O4. The summed E-state index contributed by atoms with van der Waals surface area (Å²) in [4.78, 5) is 20.5. The normalized spacial score (nSPS) is 9.07. The Hall–Kier alpha value is -2.42. The van der Waals surface area contributed by atoms with Crippen molar-refractivity contribution in [3.63, 3.8) is 0 Å². The van der Waals surface area contributed by atoms with Gasteiger partial charge in [0.05, 0.1) is 12.0 Å². The molecule has 0 aliphatic heterocycles. The van der Waals surface area contributed by atoms with Crippen molar-refractivity contribution in [3.05, 3.63) is 33.4 Å². The molecule has 0 amide bonds. The highest BCUT2D eigenvalue weighted by Gasteiger charge is 2.21. The molecule has 15 heavy (non-hydrogen) atoms. The molecule has 1 aromatic rings. The largest absolute Gasteiger partial charge is 0.489 e. The van der Waals surface area contributed by atoms with Crippen molar-refractivity contribution in [1.82, 2.24) is 0 Å². The topological polar surface area (TPSA) is 93.2 Å². The highest BCUT2D eigenvalue weighted by atomic mass is 16.6. The van der Waals surface area contributed by atoms with Crippen molar-refractivity contribution in [2.45, 2.75) is 0 Å². The maximum Gasteiger partial charge on any atom is 0.312 e. The number of hydrogen-bond donors (Lipinski definition) is 0. The van der Waals surface area contributed by atoms with E-state index in [2.05, 4.69) is 0 Å². The molecule has 6 nitrogen and oxygen atoms in total. The van der Waals surface area contributed by atoms with E-state index in [1.165, 1.54) is 13.2 Å². The van der Waals surface area contributed by atoms with Gasteiger partial charge in [0.1, 0.15) is 11.6 Å². The van der Waals surface area contributed by atoms with Gasteiger partial charge in [-0.05, 0) is 6.07 Å². The third-order valence-corrected chi connectivity index (χ3v) is 1.81. The zero-order chi connectivity index (χ0) is 11.4. The summed E-state index contributed by atoms with van der Waals surface area (Å²) < 4.78 is 4.75. The molecule has 0 unspecified atom stereocenters. The number of benzene rings is 1. The van der Waals surface area contributed by atoms with Gasteiger partial charge in [-0.25, -0.2) is 0 Å². The smallest absolute Gasteiger partial charge is 0.312 e. The first-order valence-electron chi connectivity index (χ1n) is 3.86. The number of nitrogens with zero attached hydrogens (tertiary/aromatic N) is 2. The number of aldehydes is 1. The Bertz CT molecular complexity index is 462. The Labute approximate surface area is 84.8 Å². The number of hydrogen-bond acceptors (Lipinski definition) is 5. The number of ether oxygens (including phenoxy) is 1. The SMILES string of the molecule is COc1c([N+](=O)[O-])ccc(C=O)c1C#N. The van der Waals surface area contributed by atoms with Crippen molar-refractivity contribution in [2.75, 3.05) is 7.11 Å². The number of methoxy groups -OCH3 is 1. The molecule has 0 saturated carbocycles. The molecule has 0 N–H and O–H groups in total. The van der Waals surface area contributed by atoms with Crippen LogP contribution in [0.1, 0.15) is 15.9 Å². The van der Waals surface area contributed by atoms with Crippen LogP contribution in [0.2, 0.25) is 0 Å². The first kappa shape index (κ1) is 10.7. The monoisotopic (exact) mass is 206 g/mol. The van der Waals surface area contributed by atoms with E-state index >= 15 is 0 Å². The standard InChI is InChI=1S/C9H6N2O4/c1-15-9-7(4-10)6(5-12)2-3-8(9)11(13)14/h2-3,5H,1H3. The lowest BCUT2D eigenvalue weighted by molar-refractivity contribution is -0.385. The lowest BCUT2D eigenvalue weighted by Gasteiger charge is -2.04. The van der Waals surface area contributed by atoms with Crippen molar-refractivity contribution >= 4 is 12.0 Å². The molecule has 0 spiro atoms. The number of rotatable bonds is 3. The minimum absolute atomic E-state index is 0.0694. The second-order valence-electron chi connectivity index (χ2n) is 2.57. The van der Waals surface area contributed by atoms with Crippen LogP contribution in [0.5, 0.6) is 5.75 Å². The van der Waals surface area contributed by atoms with E-state index in [9.17, 15) is 14.9 Å². The van der Waals surface area contributed by atoms with Gasteiger partial charge in [0.2, 0.25) is 5.75 Å². The Balaban J connectivity index is 3.56. The molecular weight excluding hydrogens is 200 g/mol. The van der Waals surface area contributed by atoms with E-state index in [1.807, 2.05) is 0 Å². The molecule has 0 aromatic heterocycles. The van der Waals surface area contributed by atoms with Gasteiger partial charge >= 0.3 is 5.69 Å². The maximum atomic E-state index is 10.6. The van der Waals surface area contributed by atoms with Gasteiger partial charge in [-0.1, -0.05) is 0 Å². The van der Waals surface area contributed by atoms with E-state index in [0.29, 0.717) is 6.29 Å². The molecule has 0 bridgehead atoms. The van der Waals surface area contributed by atoms with Crippen LogP contribution in [0, 0.1) is 21.4 Å². The Morgan fingerprint density at radius 2 is 2.27 bits per heavy atom. The van der Waals surface area contributed by atoms with Gasteiger partial charge < -0.3 is 4.74 Å². The van der Waals surface area contributed by atoms with Crippen LogP contribution >= 0.6 is 0 Å². The molecule has 0 aliphatic carbocycles. The number of nitro groups is 1. The Morgan fingerprint density at radius 1 is 1.60 bits per heavy atom. The van der Waals surface area contributed by atoms with Crippen molar-refractivity contribution < 1.29 is 14.5 Å². The van der Waals surface area contributed by atoms with Crippen LogP contribution < -0.4 is 4.74 Å². The fourth-order valence-corrected chi connectivity index (χ4v) is 1.15. The van der Waals surface area contributed by atoms with E-state index in [-0.39, 0.29) is 22.6 Å². The third kappa shape index (κ3) is 1.76. The highest BCUT2D eigenvalue weighted by Crippen LogP contribution is 2.31. The van der Waals surface area contributed by atoms with Gasteiger partial charge in [-0.3, -0.25) is 14.9 Å². The Morgan fingerprint density at radius 3 is 2.67 bits per heavy atom. The molecule has 1 rings (SSSR count). The molecule has 0 heterocycles. The number of nitro benzene ring substituents is 1. The van der Waals surface area contributed by atoms with Crippen molar-refractivity contribution in [2.24, 2.45) is 0 Å². The molecule has 1 aromatic carbocycles. The first-order valence-corrected chi connectivity index (χ1v) is 3.86. The lowest BCUT2D eigenvalue weighted by Crippen LogP contribution is -1.99. The summed E-state index contributed by atoms with van der Waals surface area (Å²) in [6.07, 6.45) is 0.449. The summed E-state index contributed by atoms with van der Waals surface area (Å²) in [6.45, 7) is 0. The van der Waals surface area contributed by atoms with Gasteiger partial charge in [0.25, 0.3) is 0 Å². The fourth-order valence-electron chi connectivity index (χ4n) is 1.15. The van der Waals surface area contributed by atoms with Gasteiger partial charge in [0.15, 0.2) is 6.29 Å². The minimum Gasteiger partial charge on any atom is -0.489 e. The van der Waals surface area contributed by atoms with E-state index in [1.54, 1.807) is 6.07 Å². The summed E-state index contributed by atoms with van der Waals surface area (Å²) >= 11 is 0. The van der Waals surface area contributed by atoms with Gasteiger partial charge in [-0.2, -0.15) is 5.26 Å². The fraction of sp³-hybridized carbons (Fsp3) is 0.111. The van der Waals surface area contributed by atoms with E-state index < -0.39 is 4.92 Å². The molecule has 6 heteroatoms. The predicted molar refractivity (Wildman–Crippen MR) is 49.8 cm³/mol. The summed E-state index contributed by atoms with van der Waals surface area (Å²) in [6, 6.07) is 4.04. The van der Waals surface area contributed by atoms with E-state index in [4.69, 9.17) is 10.00 Å². The summed E-state index contributed by atoms with van der Waals surface area (Å²) in [7, 11) is 1.21. The number of carbonyl (C=O) groups excluding carboxylic acids is 1. The summed E-state index contributed by atoms with van der Waals surface area (Å²) in [5.74, 6) is -0.188. The zero-order valence-electron chi connectivity index (χ0n) is 7.76. The van der Waals surface area contributed by atoms with Crippen LogP contribution in [0.4, 0.5) is 5.69 Å². The van der Waals surface area contributed by atoms with Crippen molar-refractivity contribution in [1.29, 1.82) is 5.26 Å². The average molecular weight is 206 g/mol. The average Bonchev–Trinajstić information content (AvgIpc) is 2.26. The van der Waals surface area contributed by atoms with Crippen LogP contribution in [0.15, 0.2) is 12.1 Å². The Kier molecular flexibility index (Phi) is 2.98. The maximum absolute atomic E-state index is 10.6. The summed E-state index contributed by atoms with van der Waals surface area (Å²) in [5, 5.41) is 19.3. The molecule has 76 valence electrons. The molecule has 0 fully saturated rings. The first-order chi connectivity index (χ1) is 7.15. The predicted octanol–water partition coefficient (Wildman–Crippen LogP) is 1.29. The van der Waals surface area contributed by atoms with Crippen LogP contribution in [0.25, 0.3) is 0 Å². The number of nitriles is 1. The zero-order valence-corrected chi connectivity index (χ0v) is 7.76. The molecule has 0 saturated heterocycles. The van der Waals surface area contributed by atoms with Gasteiger partial charge in [0, 0.05) is 11.6 Å². The second-order valence-corrected chi connectivity index (χ2v) is 2.57. The van der Waals surface area contributed by atoms with Gasteiger partial charge in [-0.15, -0.1) is 0 Å². The minimum atomic E-state index is -0.672. The molecule has 0 atom stereocenters. The lowest BCUT2D eigenvalue weighted by atomic mass is 10.1.